The van der Waals surface area contributed by atoms with Gasteiger partial charge in [0.2, 0.25) is 5.28 Å². The zero-order chi connectivity index (χ0) is 20.1. The van der Waals surface area contributed by atoms with Crippen LogP contribution in [0.25, 0.3) is 0 Å². The van der Waals surface area contributed by atoms with Gasteiger partial charge in [0.15, 0.2) is 0 Å². The topological polar surface area (TPSA) is 35.0 Å². The molecule has 0 amide bonds. The van der Waals surface area contributed by atoms with Gasteiger partial charge in [-0.15, -0.1) is 0 Å². The Morgan fingerprint density at radius 1 is 0.840 bits per heavy atom. The normalized spacial score (nSPS) is 16.7. The first kappa shape index (κ1) is 21.6. The molecule has 0 aliphatic rings. The Morgan fingerprint density at radius 3 is 1.68 bits per heavy atom. The van der Waals surface area contributed by atoms with Gasteiger partial charge in [-0.2, -0.15) is 48.3 Å². The summed E-state index contributed by atoms with van der Waals surface area (Å²) in [7, 11) is 0. The van der Waals surface area contributed by atoms with Gasteiger partial charge in [-0.05, 0) is 24.6 Å². The summed E-state index contributed by atoms with van der Waals surface area (Å²) in [4.78, 5) is 5.74. The molecule has 0 aromatic carbocycles. The molecule has 0 aliphatic heterocycles. The summed E-state index contributed by atoms with van der Waals surface area (Å²) < 4.78 is 142. The molecule has 0 fully saturated rings. The average molecular weight is 413 g/mol. The number of halogens is 12. The second kappa shape index (κ2) is 6.07. The smallest absolute Gasteiger partial charge is 0.264 e. The van der Waals surface area contributed by atoms with Crippen molar-refractivity contribution < 1.29 is 53.0 Å². The number of nitrogens with zero attached hydrogens (tertiary/aromatic N) is 2. The second-order valence-corrected chi connectivity index (χ2v) is 4.79. The van der Waals surface area contributed by atoms with E-state index in [4.69, 9.17) is 11.6 Å². The van der Waals surface area contributed by atoms with Crippen LogP contribution in [0.15, 0.2) is 6.07 Å². The van der Waals surface area contributed by atoms with Gasteiger partial charge in [-0.3, -0.25) is 4.74 Å². The first-order chi connectivity index (χ1) is 10.8. The zero-order valence-corrected chi connectivity index (χ0v) is 12.2. The molecule has 0 saturated heterocycles. The summed E-state index contributed by atoms with van der Waals surface area (Å²) in [6.07, 6.45) is -20.5. The first-order valence-corrected chi connectivity index (χ1v) is 6.03. The molecule has 1 aromatic heterocycles. The molecular formula is C10H4ClF11N2O. The van der Waals surface area contributed by atoms with Gasteiger partial charge >= 0.3 is 30.2 Å². The fourth-order valence-corrected chi connectivity index (χ4v) is 1.58. The molecule has 15 heteroatoms. The van der Waals surface area contributed by atoms with Crippen molar-refractivity contribution in [3.8, 4) is 0 Å². The third kappa shape index (κ3) is 3.88. The fraction of sp³-hybridized carbons (Fsp3) is 0.600. The number of aryl methyl sites for hydroxylation is 1. The van der Waals surface area contributed by atoms with Crippen molar-refractivity contribution >= 4 is 11.6 Å². The molecule has 0 aliphatic carbocycles. The summed E-state index contributed by atoms with van der Waals surface area (Å²) in [5.41, 5.74) is -2.69. The molecule has 1 rings (SSSR count). The minimum atomic E-state index is -7.14. The molecule has 0 radical (unpaired) electrons. The standard InChI is InChI=1S/C10H4ClF11N2O/c1-3-2-4(24-5(11)23-3)6(12,8(15,16)17)25-10(21,22)7(13,14)9(18,19)20/h2H,1H3. The summed E-state index contributed by atoms with van der Waals surface area (Å²) in [6.45, 7) is 0.885. The van der Waals surface area contributed by atoms with Crippen LogP contribution in [0.2, 0.25) is 5.28 Å². The van der Waals surface area contributed by atoms with Crippen LogP contribution in [0.1, 0.15) is 11.4 Å². The maximum atomic E-state index is 14.1. The molecule has 0 saturated carbocycles. The van der Waals surface area contributed by atoms with Gasteiger partial charge < -0.3 is 0 Å². The molecule has 3 nitrogen and oxygen atoms in total. The molecule has 0 spiro atoms. The summed E-state index contributed by atoms with van der Waals surface area (Å²) in [6, 6.07) is 0.0289. The lowest BCUT2D eigenvalue weighted by atomic mass is 10.1. The Kier molecular flexibility index (Phi) is 5.25. The molecule has 1 unspecified atom stereocenters. The Hall–Kier alpha value is -1.44. The highest BCUT2D eigenvalue weighted by molar-refractivity contribution is 6.28. The van der Waals surface area contributed by atoms with Gasteiger partial charge in [0.1, 0.15) is 5.69 Å². The quantitative estimate of drug-likeness (QED) is 0.519. The average Bonchev–Trinajstić information content (AvgIpc) is 2.33. The van der Waals surface area contributed by atoms with Crippen LogP contribution < -0.4 is 0 Å². The Labute approximate surface area is 135 Å². The minimum Gasteiger partial charge on any atom is -0.264 e. The monoisotopic (exact) mass is 412 g/mol. The molecule has 1 aromatic rings. The van der Waals surface area contributed by atoms with Crippen molar-refractivity contribution in [3.05, 3.63) is 22.7 Å². The van der Waals surface area contributed by atoms with Crippen LogP contribution in [0.4, 0.5) is 48.3 Å². The number of alkyl halides is 11. The van der Waals surface area contributed by atoms with Gasteiger partial charge in [0, 0.05) is 5.69 Å². The van der Waals surface area contributed by atoms with E-state index in [1.54, 1.807) is 0 Å². The zero-order valence-electron chi connectivity index (χ0n) is 11.4. The van der Waals surface area contributed by atoms with Crippen LogP contribution >= 0.6 is 11.6 Å². The largest absolute Gasteiger partial charge is 0.462 e. The van der Waals surface area contributed by atoms with Crippen molar-refractivity contribution in [1.82, 2.24) is 9.97 Å². The summed E-state index contributed by atoms with van der Waals surface area (Å²) in [5, 5.41) is -1.13. The Bertz CT molecular complexity index is 624. The molecule has 25 heavy (non-hydrogen) atoms. The minimum absolute atomic E-state index is 0.0289. The van der Waals surface area contributed by atoms with Crippen molar-refractivity contribution in [2.45, 2.75) is 37.2 Å². The van der Waals surface area contributed by atoms with Crippen LogP contribution in [-0.2, 0) is 10.6 Å². The van der Waals surface area contributed by atoms with E-state index >= 15 is 0 Å². The molecule has 144 valence electrons. The van der Waals surface area contributed by atoms with Crippen molar-refractivity contribution in [2.24, 2.45) is 0 Å². The van der Waals surface area contributed by atoms with Crippen LogP contribution in [0.5, 0.6) is 0 Å². The molecule has 0 bridgehead atoms. The maximum absolute atomic E-state index is 14.1. The van der Waals surface area contributed by atoms with E-state index in [2.05, 4.69) is 14.7 Å². The second-order valence-electron chi connectivity index (χ2n) is 4.45. The van der Waals surface area contributed by atoms with Gasteiger partial charge in [-0.1, -0.05) is 0 Å². The van der Waals surface area contributed by atoms with E-state index in [0.29, 0.717) is 0 Å². The van der Waals surface area contributed by atoms with Gasteiger partial charge in [0.05, 0.1) is 0 Å². The highest BCUT2D eigenvalue weighted by atomic mass is 35.5. The predicted octanol–water partition coefficient (Wildman–Crippen LogP) is 4.93. The third-order valence-electron chi connectivity index (χ3n) is 2.51. The predicted molar refractivity (Wildman–Crippen MR) is 57.7 cm³/mol. The van der Waals surface area contributed by atoms with Crippen molar-refractivity contribution in [1.29, 1.82) is 0 Å². The van der Waals surface area contributed by atoms with Crippen molar-refractivity contribution in [3.63, 3.8) is 0 Å². The van der Waals surface area contributed by atoms with E-state index in [9.17, 15) is 48.3 Å². The maximum Gasteiger partial charge on any atom is 0.462 e. The summed E-state index contributed by atoms with van der Waals surface area (Å²) in [5.74, 6) is -13.0. The van der Waals surface area contributed by atoms with E-state index in [0.717, 1.165) is 6.92 Å². The highest BCUT2D eigenvalue weighted by Gasteiger charge is 2.78. The molecule has 1 heterocycles. The number of hydrogen-bond acceptors (Lipinski definition) is 3. The van der Waals surface area contributed by atoms with Crippen LogP contribution in [-0.4, -0.2) is 34.4 Å². The van der Waals surface area contributed by atoms with E-state index in [-0.39, 0.29) is 6.07 Å². The number of hydrogen-bond donors (Lipinski definition) is 0. The van der Waals surface area contributed by atoms with Crippen LogP contribution in [0.3, 0.4) is 0 Å². The SMILES string of the molecule is Cc1cc(C(F)(OC(F)(F)C(F)(F)C(F)(F)F)C(F)(F)F)nc(Cl)n1. The van der Waals surface area contributed by atoms with Crippen molar-refractivity contribution in [2.75, 3.05) is 0 Å². The van der Waals surface area contributed by atoms with E-state index in [1.807, 2.05) is 0 Å². The lowest BCUT2D eigenvalue weighted by Gasteiger charge is -2.34. The van der Waals surface area contributed by atoms with E-state index in [1.165, 1.54) is 0 Å². The molecule has 1 atom stereocenters. The fourth-order valence-electron chi connectivity index (χ4n) is 1.36. The van der Waals surface area contributed by atoms with Crippen LogP contribution in [0, 0.1) is 6.92 Å². The molecule has 0 N–H and O–H groups in total. The number of ether oxygens (including phenoxy) is 1. The highest BCUT2D eigenvalue weighted by Crippen LogP contribution is 2.53. The number of aromatic nitrogens is 2. The third-order valence-corrected chi connectivity index (χ3v) is 2.68. The number of rotatable bonds is 4. The van der Waals surface area contributed by atoms with E-state index < -0.39 is 46.9 Å². The summed E-state index contributed by atoms with van der Waals surface area (Å²) >= 11 is 5.11. The van der Waals surface area contributed by atoms with Gasteiger partial charge in [0.25, 0.3) is 0 Å². The Balaban J connectivity index is 3.53. The Morgan fingerprint density at radius 2 is 1.32 bits per heavy atom. The lowest BCUT2D eigenvalue weighted by molar-refractivity contribution is -0.488. The lowest BCUT2D eigenvalue weighted by Crippen LogP contribution is -2.58. The first-order valence-electron chi connectivity index (χ1n) is 5.65. The van der Waals surface area contributed by atoms with Gasteiger partial charge in [-0.25, -0.2) is 9.97 Å². The molecular weight excluding hydrogens is 409 g/mol.